The average molecular weight is 232 g/mol. The van der Waals surface area contributed by atoms with Crippen molar-refractivity contribution in [2.45, 2.75) is 6.04 Å². The number of carboxylic acid groups (broad SMARTS) is 1. The Hall–Kier alpha value is -1.55. The molecule has 0 aromatic heterocycles. The lowest BCUT2D eigenvalue weighted by atomic mass is 9.90. The highest BCUT2D eigenvalue weighted by Gasteiger charge is 2.46. The summed E-state index contributed by atoms with van der Waals surface area (Å²) in [6, 6.07) is 10.0. The molecule has 0 saturated carbocycles. The number of benzene rings is 1. The molecule has 0 radical (unpaired) electrons. The van der Waals surface area contributed by atoms with Gasteiger partial charge in [-0.2, -0.15) is 0 Å². The molecule has 3 unspecified atom stereocenters. The van der Waals surface area contributed by atoms with Crippen molar-refractivity contribution in [3.05, 3.63) is 35.9 Å². The van der Waals surface area contributed by atoms with E-state index in [-0.39, 0.29) is 6.04 Å². The molecule has 1 amide bonds. The maximum absolute atomic E-state index is 11.3. The Morgan fingerprint density at radius 3 is 2.76 bits per heavy atom. The number of likely N-dealkylation sites (tertiary alicyclic amines) is 1. The topological polar surface area (TPSA) is 52.6 Å². The van der Waals surface area contributed by atoms with Crippen LogP contribution in [0.1, 0.15) is 11.6 Å². The Kier molecular flexibility index (Phi) is 2.52. The van der Waals surface area contributed by atoms with Gasteiger partial charge < -0.3 is 15.3 Å². The highest BCUT2D eigenvalue weighted by molar-refractivity contribution is 5.66. The zero-order valence-corrected chi connectivity index (χ0v) is 9.54. The second kappa shape index (κ2) is 4.04. The van der Waals surface area contributed by atoms with E-state index in [4.69, 9.17) is 0 Å². The summed E-state index contributed by atoms with van der Waals surface area (Å²) in [7, 11) is 0. The number of rotatable bonds is 1. The van der Waals surface area contributed by atoms with Gasteiger partial charge in [0.1, 0.15) is 0 Å². The standard InChI is InChI=1S/C13H16N2O2/c16-13(17)15-8-10-6-14-7-11(10)12(15)9-4-2-1-3-5-9/h1-5,10-12,14H,6-8H2,(H,16,17). The fourth-order valence-corrected chi connectivity index (χ4v) is 3.19. The van der Waals surface area contributed by atoms with Crippen molar-refractivity contribution >= 4 is 6.09 Å². The minimum absolute atomic E-state index is 0.0219. The summed E-state index contributed by atoms with van der Waals surface area (Å²) >= 11 is 0. The van der Waals surface area contributed by atoms with Crippen molar-refractivity contribution in [1.29, 1.82) is 0 Å². The van der Waals surface area contributed by atoms with Crippen LogP contribution in [-0.4, -0.2) is 35.7 Å². The lowest BCUT2D eigenvalue weighted by molar-refractivity contribution is 0.134. The molecule has 17 heavy (non-hydrogen) atoms. The Morgan fingerprint density at radius 2 is 2.06 bits per heavy atom. The van der Waals surface area contributed by atoms with Crippen LogP contribution in [0.5, 0.6) is 0 Å². The second-order valence-corrected chi connectivity index (χ2v) is 4.87. The van der Waals surface area contributed by atoms with Crippen molar-refractivity contribution < 1.29 is 9.90 Å². The predicted octanol–water partition coefficient (Wildman–Crippen LogP) is 1.56. The molecule has 3 atom stereocenters. The second-order valence-electron chi connectivity index (χ2n) is 4.87. The molecule has 0 spiro atoms. The van der Waals surface area contributed by atoms with E-state index in [1.54, 1.807) is 4.90 Å². The first-order chi connectivity index (χ1) is 8.27. The van der Waals surface area contributed by atoms with E-state index in [1.807, 2.05) is 30.3 Å². The van der Waals surface area contributed by atoms with E-state index in [2.05, 4.69) is 5.32 Å². The summed E-state index contributed by atoms with van der Waals surface area (Å²) in [4.78, 5) is 12.9. The number of nitrogens with zero attached hydrogens (tertiary/aromatic N) is 1. The average Bonchev–Trinajstić information content (AvgIpc) is 2.89. The van der Waals surface area contributed by atoms with Crippen LogP contribution in [-0.2, 0) is 0 Å². The van der Waals surface area contributed by atoms with E-state index in [0.29, 0.717) is 18.4 Å². The lowest BCUT2D eigenvalue weighted by Crippen LogP contribution is -2.33. The van der Waals surface area contributed by atoms with Crippen molar-refractivity contribution in [3.8, 4) is 0 Å². The molecule has 0 aliphatic carbocycles. The molecule has 4 heteroatoms. The van der Waals surface area contributed by atoms with Crippen LogP contribution in [0.15, 0.2) is 30.3 Å². The molecule has 1 aromatic carbocycles. The number of fused-ring (bicyclic) bond motifs is 1. The first-order valence-corrected chi connectivity index (χ1v) is 6.02. The summed E-state index contributed by atoms with van der Waals surface area (Å²) in [5, 5.41) is 12.7. The largest absolute Gasteiger partial charge is 0.465 e. The number of nitrogens with one attached hydrogen (secondary N) is 1. The zero-order chi connectivity index (χ0) is 11.8. The smallest absolute Gasteiger partial charge is 0.407 e. The number of hydrogen-bond acceptors (Lipinski definition) is 2. The highest BCUT2D eigenvalue weighted by Crippen LogP contribution is 2.42. The molecule has 2 heterocycles. The van der Waals surface area contributed by atoms with E-state index in [1.165, 1.54) is 0 Å². The van der Waals surface area contributed by atoms with Gasteiger partial charge in [-0.15, -0.1) is 0 Å². The molecular formula is C13H16N2O2. The minimum atomic E-state index is -0.798. The van der Waals surface area contributed by atoms with Crippen LogP contribution in [0.4, 0.5) is 4.79 Å². The van der Waals surface area contributed by atoms with Crippen LogP contribution < -0.4 is 5.32 Å². The molecule has 2 aliphatic heterocycles. The van der Waals surface area contributed by atoms with Gasteiger partial charge in [-0.3, -0.25) is 0 Å². The van der Waals surface area contributed by atoms with Crippen molar-refractivity contribution in [3.63, 3.8) is 0 Å². The molecule has 3 rings (SSSR count). The van der Waals surface area contributed by atoms with Crippen molar-refractivity contribution in [1.82, 2.24) is 10.2 Å². The molecule has 90 valence electrons. The lowest BCUT2D eigenvalue weighted by Gasteiger charge is -2.25. The molecule has 4 nitrogen and oxygen atoms in total. The predicted molar refractivity (Wildman–Crippen MR) is 63.8 cm³/mol. The van der Waals surface area contributed by atoms with Crippen molar-refractivity contribution in [2.75, 3.05) is 19.6 Å². The number of carbonyl (C=O) groups is 1. The summed E-state index contributed by atoms with van der Waals surface area (Å²) < 4.78 is 0. The van der Waals surface area contributed by atoms with Crippen LogP contribution in [0.3, 0.4) is 0 Å². The Morgan fingerprint density at radius 1 is 1.29 bits per heavy atom. The Labute approximate surface area is 100 Å². The van der Waals surface area contributed by atoms with Crippen LogP contribution in [0.25, 0.3) is 0 Å². The van der Waals surface area contributed by atoms with Crippen LogP contribution in [0, 0.1) is 11.8 Å². The highest BCUT2D eigenvalue weighted by atomic mass is 16.4. The van der Waals surface area contributed by atoms with Gasteiger partial charge in [-0.25, -0.2) is 4.79 Å². The van der Waals surface area contributed by atoms with Gasteiger partial charge in [0, 0.05) is 25.6 Å². The molecule has 2 aliphatic rings. The zero-order valence-electron chi connectivity index (χ0n) is 9.54. The van der Waals surface area contributed by atoms with Gasteiger partial charge in [0.15, 0.2) is 0 Å². The maximum atomic E-state index is 11.3. The molecular weight excluding hydrogens is 216 g/mol. The maximum Gasteiger partial charge on any atom is 0.407 e. The van der Waals surface area contributed by atoms with Crippen molar-refractivity contribution in [2.24, 2.45) is 11.8 Å². The first-order valence-electron chi connectivity index (χ1n) is 6.02. The summed E-state index contributed by atoms with van der Waals surface area (Å²) in [5.74, 6) is 0.893. The third-order valence-corrected chi connectivity index (χ3v) is 3.95. The third kappa shape index (κ3) is 1.69. The summed E-state index contributed by atoms with van der Waals surface area (Å²) in [5.41, 5.74) is 1.12. The van der Waals surface area contributed by atoms with E-state index in [0.717, 1.165) is 18.7 Å². The number of hydrogen-bond donors (Lipinski definition) is 2. The molecule has 2 saturated heterocycles. The van der Waals surface area contributed by atoms with Crippen LogP contribution in [0.2, 0.25) is 0 Å². The fraction of sp³-hybridized carbons (Fsp3) is 0.462. The number of amides is 1. The van der Waals surface area contributed by atoms with Gasteiger partial charge in [-0.05, 0) is 11.5 Å². The monoisotopic (exact) mass is 232 g/mol. The van der Waals surface area contributed by atoms with Gasteiger partial charge >= 0.3 is 6.09 Å². The van der Waals surface area contributed by atoms with E-state index in [9.17, 15) is 9.90 Å². The quantitative estimate of drug-likeness (QED) is 0.772. The minimum Gasteiger partial charge on any atom is -0.465 e. The first kappa shape index (κ1) is 10.6. The van der Waals surface area contributed by atoms with Gasteiger partial charge in [0.2, 0.25) is 0 Å². The summed E-state index contributed by atoms with van der Waals surface area (Å²) in [6.45, 7) is 2.53. The van der Waals surface area contributed by atoms with E-state index >= 15 is 0 Å². The SMILES string of the molecule is O=C(O)N1CC2CNCC2C1c1ccccc1. The molecule has 1 aromatic rings. The van der Waals surface area contributed by atoms with Gasteiger partial charge in [0.25, 0.3) is 0 Å². The molecule has 2 N–H and O–H groups in total. The fourth-order valence-electron chi connectivity index (χ4n) is 3.19. The molecule has 2 fully saturated rings. The Balaban J connectivity index is 1.95. The van der Waals surface area contributed by atoms with Crippen LogP contribution >= 0.6 is 0 Å². The Bertz CT molecular complexity index is 421. The third-order valence-electron chi connectivity index (χ3n) is 3.95. The normalized spacial score (nSPS) is 31.5. The van der Waals surface area contributed by atoms with E-state index < -0.39 is 6.09 Å². The van der Waals surface area contributed by atoms with Gasteiger partial charge in [-0.1, -0.05) is 30.3 Å². The van der Waals surface area contributed by atoms with Gasteiger partial charge in [0.05, 0.1) is 6.04 Å². The molecule has 0 bridgehead atoms. The summed E-state index contributed by atoms with van der Waals surface area (Å²) in [6.07, 6.45) is -0.798.